The molecule has 2 heterocycles. The Hall–Kier alpha value is -1.92. The van der Waals surface area contributed by atoms with Crippen LogP contribution < -0.4 is 0 Å². The molecule has 6 nitrogen and oxygen atoms in total. The van der Waals surface area contributed by atoms with Gasteiger partial charge in [0.2, 0.25) is 5.91 Å². The van der Waals surface area contributed by atoms with Crippen LogP contribution in [0.2, 0.25) is 0 Å². The van der Waals surface area contributed by atoms with Crippen LogP contribution in [0.4, 0.5) is 0 Å². The summed E-state index contributed by atoms with van der Waals surface area (Å²) >= 11 is 0. The van der Waals surface area contributed by atoms with E-state index in [9.17, 15) is 9.59 Å². The van der Waals surface area contributed by atoms with Crippen LogP contribution in [0.1, 0.15) is 15.9 Å². The van der Waals surface area contributed by atoms with Gasteiger partial charge >= 0.3 is 0 Å². The molecule has 0 aromatic heterocycles. The zero-order chi connectivity index (χ0) is 17.5. The molecule has 2 fully saturated rings. The Kier molecular flexibility index (Phi) is 4.36. The molecule has 1 aromatic carbocycles. The second-order valence-corrected chi connectivity index (χ2v) is 7.19. The Labute approximate surface area is 143 Å². The molecule has 0 N–H and O–H groups in total. The van der Waals surface area contributed by atoms with Crippen molar-refractivity contribution >= 4 is 11.8 Å². The van der Waals surface area contributed by atoms with Gasteiger partial charge in [0.15, 0.2) is 0 Å². The second-order valence-electron chi connectivity index (χ2n) is 7.19. The Bertz CT molecular complexity index is 653. The molecule has 0 radical (unpaired) electrons. The molecule has 1 aromatic rings. The van der Waals surface area contributed by atoms with Crippen molar-refractivity contribution in [1.82, 2.24) is 14.7 Å². The molecule has 6 heteroatoms. The first-order chi connectivity index (χ1) is 11.3. The Morgan fingerprint density at radius 2 is 1.96 bits per heavy atom. The van der Waals surface area contributed by atoms with Crippen LogP contribution in [0.15, 0.2) is 24.3 Å². The number of amides is 2. The lowest BCUT2D eigenvalue weighted by Gasteiger charge is -2.54. The number of rotatable bonds is 2. The number of carbonyl (C=O) groups excluding carboxylic acids is 2. The van der Waals surface area contributed by atoms with Gasteiger partial charge in [0.1, 0.15) is 11.6 Å². The normalized spacial score (nSPS) is 23.0. The Morgan fingerprint density at radius 3 is 2.54 bits per heavy atom. The first kappa shape index (κ1) is 16.9. The van der Waals surface area contributed by atoms with Gasteiger partial charge < -0.3 is 14.5 Å². The van der Waals surface area contributed by atoms with Gasteiger partial charge in [0.05, 0.1) is 19.7 Å². The smallest absolute Gasteiger partial charge is 0.254 e. The number of ether oxygens (including phenoxy) is 1. The zero-order valence-electron chi connectivity index (χ0n) is 14.8. The third-order valence-corrected chi connectivity index (χ3v) is 4.85. The quantitative estimate of drug-likeness (QED) is 0.797. The fourth-order valence-electron chi connectivity index (χ4n) is 3.50. The molecule has 1 spiro atoms. The summed E-state index contributed by atoms with van der Waals surface area (Å²) in [5.74, 6) is 0.0986. The SMILES string of the molecule is Cc1cccc(C(=O)N2CC3(C2)CN(C)[C@@H](C(=O)N(C)C)CO3)c1. The van der Waals surface area contributed by atoms with Crippen LogP contribution in [-0.2, 0) is 9.53 Å². The Morgan fingerprint density at radius 1 is 1.25 bits per heavy atom. The average molecular weight is 331 g/mol. The monoisotopic (exact) mass is 331 g/mol. The summed E-state index contributed by atoms with van der Waals surface area (Å²) in [5.41, 5.74) is 1.46. The molecular formula is C18H25N3O3. The number of likely N-dealkylation sites (N-methyl/N-ethyl adjacent to an activating group) is 2. The molecule has 130 valence electrons. The predicted molar refractivity (Wildman–Crippen MR) is 90.9 cm³/mol. The Balaban J connectivity index is 1.60. The molecule has 2 aliphatic rings. The third-order valence-electron chi connectivity index (χ3n) is 4.85. The van der Waals surface area contributed by atoms with Gasteiger partial charge in [-0.05, 0) is 26.1 Å². The first-order valence-corrected chi connectivity index (χ1v) is 8.23. The van der Waals surface area contributed by atoms with E-state index < -0.39 is 0 Å². The summed E-state index contributed by atoms with van der Waals surface area (Å²) < 4.78 is 6.01. The molecule has 0 aliphatic carbocycles. The van der Waals surface area contributed by atoms with Crippen LogP contribution >= 0.6 is 0 Å². The summed E-state index contributed by atoms with van der Waals surface area (Å²) in [6.45, 7) is 4.17. The summed E-state index contributed by atoms with van der Waals surface area (Å²) in [5, 5.41) is 0. The molecule has 1 atom stereocenters. The number of carbonyl (C=O) groups is 2. The van der Waals surface area contributed by atoms with E-state index in [4.69, 9.17) is 4.74 Å². The van der Waals surface area contributed by atoms with Crippen molar-refractivity contribution in [1.29, 1.82) is 0 Å². The largest absolute Gasteiger partial charge is 0.368 e. The molecule has 0 saturated carbocycles. The summed E-state index contributed by atoms with van der Waals surface area (Å²) in [6.07, 6.45) is 0. The van der Waals surface area contributed by atoms with E-state index in [1.54, 1.807) is 19.0 Å². The highest BCUT2D eigenvalue weighted by molar-refractivity contribution is 5.95. The number of nitrogens with zero attached hydrogens (tertiary/aromatic N) is 3. The fourth-order valence-corrected chi connectivity index (χ4v) is 3.50. The third kappa shape index (κ3) is 3.03. The molecule has 0 bridgehead atoms. The number of hydrogen-bond donors (Lipinski definition) is 0. The van der Waals surface area contributed by atoms with Crippen molar-refractivity contribution in [3.05, 3.63) is 35.4 Å². The average Bonchev–Trinajstić information content (AvgIpc) is 2.51. The van der Waals surface area contributed by atoms with Crippen molar-refractivity contribution < 1.29 is 14.3 Å². The highest BCUT2D eigenvalue weighted by Crippen LogP contribution is 2.31. The molecule has 0 unspecified atom stereocenters. The van der Waals surface area contributed by atoms with Gasteiger partial charge in [0.25, 0.3) is 5.91 Å². The second kappa shape index (κ2) is 6.18. The minimum absolute atomic E-state index is 0.0436. The lowest BCUT2D eigenvalue weighted by Crippen LogP contribution is -2.73. The highest BCUT2D eigenvalue weighted by atomic mass is 16.5. The van der Waals surface area contributed by atoms with Gasteiger partial charge in [0, 0.05) is 26.2 Å². The van der Waals surface area contributed by atoms with Gasteiger partial charge in [-0.25, -0.2) is 0 Å². The standard InChI is InChI=1S/C18H25N3O3/c1-13-6-5-7-14(8-13)16(22)21-11-18(12-21)10-20(4)15(9-24-18)17(23)19(2)3/h5-8,15H,9-12H2,1-4H3/t15-/m1/s1. The number of morpholine rings is 1. The molecule has 2 aliphatic heterocycles. The fraction of sp³-hybridized carbons (Fsp3) is 0.556. The van der Waals surface area contributed by atoms with E-state index in [2.05, 4.69) is 0 Å². The van der Waals surface area contributed by atoms with Crippen molar-refractivity contribution in [3.63, 3.8) is 0 Å². The van der Waals surface area contributed by atoms with Gasteiger partial charge in [-0.3, -0.25) is 14.5 Å². The maximum atomic E-state index is 12.5. The summed E-state index contributed by atoms with van der Waals surface area (Å²) in [6, 6.07) is 7.40. The minimum Gasteiger partial charge on any atom is -0.368 e. The maximum absolute atomic E-state index is 12.5. The molecular weight excluding hydrogens is 306 g/mol. The van der Waals surface area contributed by atoms with Gasteiger partial charge in [-0.1, -0.05) is 17.7 Å². The predicted octanol–water partition coefficient (Wildman–Crippen LogP) is 0.608. The first-order valence-electron chi connectivity index (χ1n) is 8.23. The number of benzene rings is 1. The molecule has 3 rings (SSSR count). The molecule has 24 heavy (non-hydrogen) atoms. The van der Waals surface area contributed by atoms with Crippen LogP contribution in [0, 0.1) is 6.92 Å². The van der Waals surface area contributed by atoms with Crippen molar-refractivity contribution in [2.24, 2.45) is 0 Å². The van der Waals surface area contributed by atoms with E-state index in [-0.39, 0.29) is 23.5 Å². The zero-order valence-corrected chi connectivity index (χ0v) is 14.8. The van der Waals surface area contributed by atoms with Crippen molar-refractivity contribution in [3.8, 4) is 0 Å². The minimum atomic E-state index is -0.336. The number of aryl methyl sites for hydroxylation is 1. The van der Waals surface area contributed by atoms with E-state index in [1.807, 2.05) is 48.0 Å². The van der Waals surface area contributed by atoms with Gasteiger partial charge in [-0.15, -0.1) is 0 Å². The lowest BCUT2D eigenvalue weighted by molar-refractivity contribution is -0.190. The van der Waals surface area contributed by atoms with E-state index >= 15 is 0 Å². The van der Waals surface area contributed by atoms with E-state index in [0.29, 0.717) is 26.2 Å². The van der Waals surface area contributed by atoms with Crippen LogP contribution in [0.3, 0.4) is 0 Å². The summed E-state index contributed by atoms with van der Waals surface area (Å²) in [7, 11) is 5.46. The maximum Gasteiger partial charge on any atom is 0.254 e. The van der Waals surface area contributed by atoms with Crippen LogP contribution in [-0.4, -0.2) is 85.5 Å². The topological polar surface area (TPSA) is 53.1 Å². The number of likely N-dealkylation sites (tertiary alicyclic amines) is 1. The van der Waals surface area contributed by atoms with Crippen molar-refractivity contribution in [2.45, 2.75) is 18.6 Å². The van der Waals surface area contributed by atoms with Crippen LogP contribution in [0.25, 0.3) is 0 Å². The van der Waals surface area contributed by atoms with E-state index in [1.165, 1.54) is 0 Å². The van der Waals surface area contributed by atoms with Crippen LogP contribution in [0.5, 0.6) is 0 Å². The lowest BCUT2D eigenvalue weighted by atomic mass is 9.89. The van der Waals surface area contributed by atoms with Crippen molar-refractivity contribution in [2.75, 3.05) is 47.4 Å². The van der Waals surface area contributed by atoms with E-state index in [0.717, 1.165) is 11.1 Å². The molecule has 2 saturated heterocycles. The van der Waals surface area contributed by atoms with Gasteiger partial charge in [-0.2, -0.15) is 0 Å². The molecule has 2 amide bonds. The highest BCUT2D eigenvalue weighted by Gasteiger charge is 2.51. The summed E-state index contributed by atoms with van der Waals surface area (Å²) in [4.78, 5) is 30.2. The number of hydrogen-bond acceptors (Lipinski definition) is 4.